The van der Waals surface area contributed by atoms with E-state index in [1.807, 2.05) is 0 Å². The van der Waals surface area contributed by atoms with E-state index in [-0.39, 0.29) is 0 Å². The molecule has 0 fully saturated rings. The van der Waals surface area contributed by atoms with E-state index in [1.54, 1.807) is 6.08 Å². The van der Waals surface area contributed by atoms with Gasteiger partial charge in [-0.25, -0.2) is 0 Å². The Morgan fingerprint density at radius 3 is 2.50 bits per heavy atom. The maximum absolute atomic E-state index is 9.95. The molecule has 0 aliphatic carbocycles. The van der Waals surface area contributed by atoms with Crippen LogP contribution in [0.25, 0.3) is 0 Å². The second-order valence-corrected chi connectivity index (χ2v) is 1.48. The quantitative estimate of drug-likeness (QED) is 0.330. The summed E-state index contributed by atoms with van der Waals surface area (Å²) in [7, 11) is 0. The molecule has 3 heteroatoms. The summed E-state index contributed by atoms with van der Waals surface area (Å²) in [5.41, 5.74) is 0. The lowest BCUT2D eigenvalue weighted by molar-refractivity contribution is -0.502. The van der Waals surface area contributed by atoms with Gasteiger partial charge in [0.1, 0.15) is 0 Å². The van der Waals surface area contributed by atoms with Crippen LogP contribution in [0.5, 0.6) is 0 Å². The molecule has 2 nitrogen and oxygen atoms in total. The molecule has 0 aromatic heterocycles. The summed E-state index contributed by atoms with van der Waals surface area (Å²) < 4.78 is 0.724. The molecule has 1 heterocycles. The van der Waals surface area contributed by atoms with E-state index in [2.05, 4.69) is 0 Å². The van der Waals surface area contributed by atoms with E-state index in [1.165, 1.54) is 0 Å². The van der Waals surface area contributed by atoms with Gasteiger partial charge in [-0.1, -0.05) is 0 Å². The fourth-order valence-electron chi connectivity index (χ4n) is 0.235. The van der Waals surface area contributed by atoms with Gasteiger partial charge < -0.3 is 0 Å². The fraction of sp³-hybridized carbons (Fsp3) is 0.333. The Bertz CT molecular complexity index is 118. The molecule has 0 unspecified atom stereocenters. The highest BCUT2D eigenvalue weighted by molar-refractivity contribution is 6.28. The van der Waals surface area contributed by atoms with E-state index in [9.17, 15) is 4.91 Å². The average molecular weight is 105 g/mol. The normalized spacial score (nSPS) is 19.5. The van der Waals surface area contributed by atoms with Gasteiger partial charge in [-0.05, 0) is 11.6 Å². The minimum atomic E-state index is 0.315. The Hall–Kier alpha value is -0.370. The van der Waals surface area contributed by atoms with E-state index in [0.717, 1.165) is 4.76 Å². The van der Waals surface area contributed by atoms with Crippen molar-refractivity contribution >= 4 is 11.6 Å². The fourth-order valence-corrected chi connectivity index (χ4v) is 0.373. The molecule has 0 radical (unpaired) electrons. The van der Waals surface area contributed by atoms with Crippen LogP contribution in [0.2, 0.25) is 0 Å². The molecule has 1 aliphatic rings. The maximum Gasteiger partial charge on any atom is 0.327 e. The Labute approximate surface area is 40.0 Å². The predicted molar refractivity (Wildman–Crippen MR) is 22.4 cm³/mol. The first-order valence-corrected chi connectivity index (χ1v) is 1.99. The zero-order valence-electron chi connectivity index (χ0n) is 3.02. The molecule has 6 heavy (non-hydrogen) atoms. The van der Waals surface area contributed by atoms with Crippen LogP contribution in [0.15, 0.2) is 11.2 Å². The molecule has 0 saturated carbocycles. The van der Waals surface area contributed by atoms with Gasteiger partial charge in [0.15, 0.2) is 0 Å². The Kier molecular flexibility index (Phi) is 0.665. The summed E-state index contributed by atoms with van der Waals surface area (Å²) in [6, 6.07) is 0. The molecule has 1 rings (SSSR count). The lowest BCUT2D eigenvalue weighted by atomic mass is 10.5. The largest absolute Gasteiger partial charge is 0.327 e. The molecule has 0 saturated heterocycles. The van der Waals surface area contributed by atoms with Crippen molar-refractivity contribution in [3.8, 4) is 0 Å². The summed E-state index contributed by atoms with van der Waals surface area (Å²) in [6.07, 6.45) is 1.66. The van der Waals surface area contributed by atoms with E-state index in [4.69, 9.17) is 11.6 Å². The third-order valence-corrected chi connectivity index (χ3v) is 1.01. The van der Waals surface area contributed by atoms with Gasteiger partial charge >= 0.3 is 5.16 Å². The molecule has 0 amide bonds. The molecular weight excluding hydrogens is 101 g/mol. The molecule has 0 N–H and O–H groups in total. The smallest absolute Gasteiger partial charge is 0.00653 e. The molecule has 0 atom stereocenters. The zero-order valence-corrected chi connectivity index (χ0v) is 3.77. The monoisotopic (exact) mass is 104 g/mol. The third-order valence-electron chi connectivity index (χ3n) is 0.664. The highest BCUT2D eigenvalue weighted by atomic mass is 35.5. The maximum atomic E-state index is 9.95. The van der Waals surface area contributed by atoms with Crippen molar-refractivity contribution in [2.24, 2.45) is 0 Å². The SMILES string of the molecule is O=[N+]1CC=C1Cl. The standard InChI is InChI=1S/C3H3ClNO/c4-3-1-2-5(3)6/h1H,2H2/q+1. The lowest BCUT2D eigenvalue weighted by Crippen LogP contribution is -2.13. The summed E-state index contributed by atoms with van der Waals surface area (Å²) in [6.45, 7) is 0.457. The van der Waals surface area contributed by atoms with Crippen molar-refractivity contribution in [1.82, 2.24) is 0 Å². The molecular formula is C3H3ClNO+. The van der Waals surface area contributed by atoms with Crippen LogP contribution in [-0.4, -0.2) is 11.3 Å². The van der Waals surface area contributed by atoms with Crippen LogP contribution in [0.1, 0.15) is 0 Å². The minimum absolute atomic E-state index is 0.315. The molecule has 32 valence electrons. The number of hydrogen-bond donors (Lipinski definition) is 0. The first-order chi connectivity index (χ1) is 2.80. The number of hydrogen-bond acceptors (Lipinski definition) is 1. The number of nitrogens with zero attached hydrogens (tertiary/aromatic N) is 1. The van der Waals surface area contributed by atoms with Gasteiger partial charge in [0.2, 0.25) is 6.54 Å². The summed E-state index contributed by atoms with van der Waals surface area (Å²) in [5.74, 6) is 0. The van der Waals surface area contributed by atoms with Crippen LogP contribution >= 0.6 is 11.6 Å². The van der Waals surface area contributed by atoms with E-state index >= 15 is 0 Å². The van der Waals surface area contributed by atoms with Crippen LogP contribution in [-0.2, 0) is 0 Å². The minimum Gasteiger partial charge on any atom is -0.00653 e. The number of halogens is 1. The molecule has 0 aromatic carbocycles. The van der Waals surface area contributed by atoms with Gasteiger partial charge in [0.25, 0.3) is 0 Å². The first-order valence-electron chi connectivity index (χ1n) is 1.61. The number of rotatable bonds is 0. The van der Waals surface area contributed by atoms with Gasteiger partial charge in [-0.3, -0.25) is 0 Å². The average Bonchev–Trinajstić information content (AvgIpc) is 1.61. The van der Waals surface area contributed by atoms with Crippen LogP contribution in [0.4, 0.5) is 0 Å². The lowest BCUT2D eigenvalue weighted by Gasteiger charge is -1.90. The number of nitroso groups, excluding NO2 is 1. The highest BCUT2D eigenvalue weighted by Gasteiger charge is 2.23. The van der Waals surface area contributed by atoms with Gasteiger partial charge in [0, 0.05) is 4.91 Å². The van der Waals surface area contributed by atoms with E-state index in [0.29, 0.717) is 11.7 Å². The summed E-state index contributed by atoms with van der Waals surface area (Å²) in [4.78, 5) is 9.95. The van der Waals surface area contributed by atoms with Crippen LogP contribution in [0, 0.1) is 4.91 Å². The zero-order chi connectivity index (χ0) is 4.57. The van der Waals surface area contributed by atoms with Crippen LogP contribution < -0.4 is 0 Å². The van der Waals surface area contributed by atoms with Gasteiger partial charge in [-0.2, -0.15) is 0 Å². The topological polar surface area (TPSA) is 20.1 Å². The second-order valence-electron chi connectivity index (χ2n) is 1.09. The van der Waals surface area contributed by atoms with Crippen molar-refractivity contribution < 1.29 is 4.76 Å². The van der Waals surface area contributed by atoms with Crippen molar-refractivity contribution in [3.63, 3.8) is 0 Å². The first kappa shape index (κ1) is 3.81. The predicted octanol–water partition coefficient (Wildman–Crippen LogP) is 0.859. The van der Waals surface area contributed by atoms with Crippen molar-refractivity contribution in [2.45, 2.75) is 0 Å². The van der Waals surface area contributed by atoms with Gasteiger partial charge in [0.05, 0.1) is 10.8 Å². The highest BCUT2D eigenvalue weighted by Crippen LogP contribution is 2.09. The third kappa shape index (κ3) is 0.337. The second kappa shape index (κ2) is 1.05. The molecule has 1 aliphatic heterocycles. The Morgan fingerprint density at radius 1 is 2.00 bits per heavy atom. The van der Waals surface area contributed by atoms with Crippen molar-refractivity contribution in [2.75, 3.05) is 6.54 Å². The Morgan fingerprint density at radius 2 is 2.50 bits per heavy atom. The molecule has 0 bridgehead atoms. The van der Waals surface area contributed by atoms with Gasteiger partial charge in [-0.15, -0.1) is 0 Å². The van der Waals surface area contributed by atoms with Crippen molar-refractivity contribution in [3.05, 3.63) is 16.1 Å². The summed E-state index contributed by atoms with van der Waals surface area (Å²) >= 11 is 5.17. The molecule has 0 aromatic rings. The summed E-state index contributed by atoms with van der Waals surface area (Å²) in [5, 5.41) is 0.315. The Balaban J connectivity index is 2.75. The van der Waals surface area contributed by atoms with Crippen LogP contribution in [0.3, 0.4) is 0 Å². The molecule has 0 spiro atoms. The van der Waals surface area contributed by atoms with Crippen molar-refractivity contribution in [1.29, 1.82) is 0 Å². The van der Waals surface area contributed by atoms with E-state index < -0.39 is 0 Å².